The highest BCUT2D eigenvalue weighted by atomic mass is 19.1. The summed E-state index contributed by atoms with van der Waals surface area (Å²) in [5, 5.41) is 3.04. The molecule has 7 heteroatoms. The Balaban J connectivity index is 1.54. The van der Waals surface area contributed by atoms with Gasteiger partial charge >= 0.3 is 5.97 Å². The van der Waals surface area contributed by atoms with Crippen LogP contribution in [0.15, 0.2) is 42.5 Å². The van der Waals surface area contributed by atoms with Crippen LogP contribution in [0.3, 0.4) is 0 Å². The molecule has 1 aliphatic carbocycles. The van der Waals surface area contributed by atoms with Gasteiger partial charge < -0.3 is 19.5 Å². The van der Waals surface area contributed by atoms with E-state index in [1.807, 2.05) is 30.3 Å². The smallest absolute Gasteiger partial charge is 0.341 e. The molecule has 0 spiro atoms. The molecule has 6 nitrogen and oxygen atoms in total. The Bertz CT molecular complexity index is 985. The standard InChI is InChI=1S/C23H22FNO5/c1-28-23(27)15-8-13(22(26)25-20-16-10-29-11-17(16)20)7-14-19(12-5-3-2-4-6-12)18(9-24)30-21(14)15/h2-8,16-20H,9-11H2,1H3,(H,25,26)/t16-,17+,18-,19+,20?/m1/s1. The number of alkyl halides is 1. The first-order valence-corrected chi connectivity index (χ1v) is 10.0. The summed E-state index contributed by atoms with van der Waals surface area (Å²) in [5.41, 5.74) is 1.96. The van der Waals surface area contributed by atoms with Gasteiger partial charge in [0.25, 0.3) is 5.91 Å². The van der Waals surface area contributed by atoms with Crippen molar-refractivity contribution in [1.29, 1.82) is 0 Å². The number of carbonyl (C=O) groups excluding carboxylic acids is 2. The van der Waals surface area contributed by atoms with E-state index in [2.05, 4.69) is 5.32 Å². The van der Waals surface area contributed by atoms with E-state index in [0.717, 1.165) is 5.56 Å². The van der Waals surface area contributed by atoms with Crippen molar-refractivity contribution in [2.24, 2.45) is 11.8 Å². The highest BCUT2D eigenvalue weighted by Crippen LogP contribution is 2.46. The average molecular weight is 411 g/mol. The summed E-state index contributed by atoms with van der Waals surface area (Å²) in [6.45, 7) is 0.604. The Morgan fingerprint density at radius 1 is 1.17 bits per heavy atom. The van der Waals surface area contributed by atoms with Crippen LogP contribution in [-0.4, -0.2) is 51.0 Å². The minimum atomic E-state index is -0.774. The molecule has 3 aliphatic rings. The van der Waals surface area contributed by atoms with Crippen LogP contribution < -0.4 is 10.1 Å². The summed E-state index contributed by atoms with van der Waals surface area (Å²) in [6, 6.07) is 12.7. The molecule has 1 N–H and O–H groups in total. The van der Waals surface area contributed by atoms with E-state index in [0.29, 0.717) is 36.2 Å². The summed E-state index contributed by atoms with van der Waals surface area (Å²) in [7, 11) is 1.27. The maximum atomic E-state index is 13.9. The molecule has 156 valence electrons. The number of fused-ring (bicyclic) bond motifs is 2. The van der Waals surface area contributed by atoms with Crippen molar-refractivity contribution in [3.8, 4) is 5.75 Å². The number of ether oxygens (including phenoxy) is 3. The molecule has 1 amide bonds. The minimum absolute atomic E-state index is 0.0980. The molecule has 2 aromatic rings. The van der Waals surface area contributed by atoms with Gasteiger partial charge in [0.1, 0.15) is 24.1 Å². The number of carbonyl (C=O) groups is 2. The second-order valence-electron chi connectivity index (χ2n) is 8.00. The van der Waals surface area contributed by atoms with Crippen LogP contribution >= 0.6 is 0 Å². The fraction of sp³-hybridized carbons (Fsp3) is 0.391. The zero-order valence-corrected chi connectivity index (χ0v) is 16.5. The third kappa shape index (κ3) is 3.04. The molecule has 30 heavy (non-hydrogen) atoms. The van der Waals surface area contributed by atoms with Crippen molar-refractivity contribution in [2.45, 2.75) is 18.1 Å². The van der Waals surface area contributed by atoms with Crippen LogP contribution in [-0.2, 0) is 9.47 Å². The van der Waals surface area contributed by atoms with E-state index in [1.54, 1.807) is 6.07 Å². The number of methoxy groups -OCH3 is 1. The molecular weight excluding hydrogens is 389 g/mol. The van der Waals surface area contributed by atoms with Crippen molar-refractivity contribution < 1.29 is 28.2 Å². The van der Waals surface area contributed by atoms with Crippen LogP contribution in [0.1, 0.15) is 37.8 Å². The van der Waals surface area contributed by atoms with Crippen LogP contribution in [0.4, 0.5) is 4.39 Å². The van der Waals surface area contributed by atoms with E-state index in [-0.39, 0.29) is 23.3 Å². The first-order valence-electron chi connectivity index (χ1n) is 10.0. The van der Waals surface area contributed by atoms with Gasteiger partial charge in [0.05, 0.1) is 26.2 Å². The van der Waals surface area contributed by atoms with Crippen molar-refractivity contribution in [1.82, 2.24) is 5.32 Å². The van der Waals surface area contributed by atoms with Crippen LogP contribution in [0.25, 0.3) is 0 Å². The summed E-state index contributed by atoms with van der Waals surface area (Å²) in [6.07, 6.45) is -0.774. The number of nitrogens with one attached hydrogen (secondary N) is 1. The van der Waals surface area contributed by atoms with Crippen LogP contribution in [0.5, 0.6) is 5.75 Å². The molecule has 2 fully saturated rings. The first kappa shape index (κ1) is 19.1. The summed E-state index contributed by atoms with van der Waals surface area (Å²) < 4.78 is 30.0. The maximum Gasteiger partial charge on any atom is 0.341 e. The summed E-state index contributed by atoms with van der Waals surface area (Å²) >= 11 is 0. The average Bonchev–Trinajstić information content (AvgIpc) is 3.14. The lowest BCUT2D eigenvalue weighted by Crippen LogP contribution is -2.30. The Labute approximate surface area is 173 Å². The quantitative estimate of drug-likeness (QED) is 0.766. The lowest BCUT2D eigenvalue weighted by atomic mass is 9.86. The van der Waals surface area contributed by atoms with Gasteiger partial charge in [-0.05, 0) is 17.7 Å². The van der Waals surface area contributed by atoms with Crippen LogP contribution in [0.2, 0.25) is 0 Å². The van der Waals surface area contributed by atoms with Gasteiger partial charge in [-0.1, -0.05) is 30.3 Å². The Kier molecular flexibility index (Phi) is 4.70. The molecule has 5 rings (SSSR count). The largest absolute Gasteiger partial charge is 0.485 e. The fourth-order valence-corrected chi connectivity index (χ4v) is 4.69. The van der Waals surface area contributed by atoms with E-state index < -0.39 is 24.7 Å². The monoisotopic (exact) mass is 411 g/mol. The maximum absolute atomic E-state index is 13.9. The molecule has 1 saturated carbocycles. The van der Waals surface area contributed by atoms with Gasteiger partial charge in [-0.3, -0.25) is 4.79 Å². The van der Waals surface area contributed by atoms with Crippen molar-refractivity contribution >= 4 is 11.9 Å². The highest BCUT2D eigenvalue weighted by molar-refractivity contribution is 6.00. The molecule has 5 atom stereocenters. The molecule has 0 radical (unpaired) electrons. The number of hydrogen-bond acceptors (Lipinski definition) is 5. The van der Waals surface area contributed by atoms with Crippen LogP contribution in [0, 0.1) is 11.8 Å². The molecular formula is C23H22FNO5. The summed E-state index contributed by atoms with van der Waals surface area (Å²) in [4.78, 5) is 25.4. The first-order chi connectivity index (χ1) is 14.6. The van der Waals surface area contributed by atoms with Crippen molar-refractivity contribution in [3.63, 3.8) is 0 Å². The van der Waals surface area contributed by atoms with Gasteiger partial charge in [0, 0.05) is 29.0 Å². The molecule has 2 aromatic carbocycles. The Hall–Kier alpha value is -2.93. The topological polar surface area (TPSA) is 73.9 Å². The summed E-state index contributed by atoms with van der Waals surface area (Å²) in [5.74, 6) is -0.302. The number of amides is 1. The van der Waals surface area contributed by atoms with Gasteiger partial charge in [-0.2, -0.15) is 0 Å². The zero-order valence-electron chi connectivity index (χ0n) is 16.5. The van der Waals surface area contributed by atoms with E-state index in [1.165, 1.54) is 13.2 Å². The second-order valence-corrected chi connectivity index (χ2v) is 8.00. The molecule has 2 heterocycles. The third-order valence-electron chi connectivity index (χ3n) is 6.32. The van der Waals surface area contributed by atoms with Gasteiger partial charge in [-0.15, -0.1) is 0 Å². The van der Waals surface area contributed by atoms with E-state index in [9.17, 15) is 14.0 Å². The number of halogens is 1. The van der Waals surface area contributed by atoms with Crippen molar-refractivity contribution in [2.75, 3.05) is 27.0 Å². The Morgan fingerprint density at radius 3 is 2.57 bits per heavy atom. The van der Waals surface area contributed by atoms with Gasteiger partial charge in [-0.25, -0.2) is 9.18 Å². The number of hydrogen-bond donors (Lipinski definition) is 1. The minimum Gasteiger partial charge on any atom is -0.485 e. The predicted octanol–water partition coefficient (Wildman–Crippen LogP) is 2.71. The molecule has 2 aliphatic heterocycles. The molecule has 0 bridgehead atoms. The fourth-order valence-electron chi connectivity index (χ4n) is 4.69. The van der Waals surface area contributed by atoms with Crippen molar-refractivity contribution in [3.05, 3.63) is 64.7 Å². The lowest BCUT2D eigenvalue weighted by Gasteiger charge is -2.16. The molecule has 0 aromatic heterocycles. The molecule has 1 saturated heterocycles. The number of benzene rings is 2. The zero-order chi connectivity index (χ0) is 20.8. The normalized spacial score (nSPS) is 28.3. The Morgan fingerprint density at radius 2 is 1.90 bits per heavy atom. The van der Waals surface area contributed by atoms with E-state index in [4.69, 9.17) is 14.2 Å². The third-order valence-corrected chi connectivity index (χ3v) is 6.32. The van der Waals surface area contributed by atoms with E-state index >= 15 is 0 Å². The SMILES string of the molecule is COC(=O)c1cc(C(=O)NC2[C@H]3COC[C@@H]23)cc2c1O[C@H](CF)[C@H]2c1ccccc1. The van der Waals surface area contributed by atoms with Gasteiger partial charge in [0.2, 0.25) is 0 Å². The number of esters is 1. The van der Waals surface area contributed by atoms with Gasteiger partial charge in [0.15, 0.2) is 0 Å². The number of rotatable bonds is 5. The second kappa shape index (κ2) is 7.40. The molecule has 1 unspecified atom stereocenters. The highest BCUT2D eigenvalue weighted by Gasteiger charge is 2.54. The predicted molar refractivity (Wildman–Crippen MR) is 106 cm³/mol. The lowest BCUT2D eigenvalue weighted by molar-refractivity contribution is 0.0593.